The van der Waals surface area contributed by atoms with Crippen LogP contribution in [-0.4, -0.2) is 33.6 Å². The van der Waals surface area contributed by atoms with E-state index in [1.165, 1.54) is 0 Å². The first-order chi connectivity index (χ1) is 15.1. The Bertz CT molecular complexity index is 1050. The Balaban J connectivity index is 1.48. The van der Waals surface area contributed by atoms with Crippen LogP contribution in [0.1, 0.15) is 48.5 Å². The number of carboxylic acids is 1. The van der Waals surface area contributed by atoms with Crippen molar-refractivity contribution in [2.24, 2.45) is 0 Å². The lowest BCUT2D eigenvalue weighted by Crippen LogP contribution is -2.33. The number of hydrogen-bond acceptors (Lipinski definition) is 4. The Morgan fingerprint density at radius 2 is 1.74 bits per heavy atom. The monoisotopic (exact) mass is 419 g/mol. The van der Waals surface area contributed by atoms with Gasteiger partial charge in [-0.05, 0) is 34.7 Å². The number of rotatable bonds is 8. The third-order valence-electron chi connectivity index (χ3n) is 5.56. The number of carbonyl (C=O) groups is 2. The molecular weight excluding hydrogens is 394 g/mol. The zero-order chi connectivity index (χ0) is 21.8. The molecule has 160 valence electrons. The van der Waals surface area contributed by atoms with E-state index in [0.717, 1.165) is 28.7 Å². The average Bonchev–Trinajstić information content (AvgIpc) is 3.34. The molecule has 31 heavy (non-hydrogen) atoms. The molecule has 0 saturated carbocycles. The van der Waals surface area contributed by atoms with E-state index >= 15 is 0 Å². The minimum Gasteiger partial charge on any atom is -0.481 e. The molecule has 0 spiro atoms. The summed E-state index contributed by atoms with van der Waals surface area (Å²) in [5, 5.41) is 16.3. The number of hydrogen-bond donors (Lipinski definition) is 2. The molecule has 1 amide bonds. The number of amides is 1. The second kappa shape index (κ2) is 9.04. The molecule has 1 aliphatic rings. The van der Waals surface area contributed by atoms with Crippen molar-refractivity contribution in [1.29, 1.82) is 0 Å². The molecule has 0 unspecified atom stereocenters. The summed E-state index contributed by atoms with van der Waals surface area (Å²) in [6, 6.07) is 17.2. The van der Waals surface area contributed by atoms with Crippen LogP contribution >= 0.6 is 0 Å². The first-order valence-corrected chi connectivity index (χ1v) is 10.4. The average molecular weight is 419 g/mol. The molecule has 1 aliphatic carbocycles. The van der Waals surface area contributed by atoms with Crippen LogP contribution in [0.25, 0.3) is 11.1 Å². The van der Waals surface area contributed by atoms with Gasteiger partial charge in [-0.25, -0.2) is 4.79 Å². The maximum Gasteiger partial charge on any atom is 0.407 e. The van der Waals surface area contributed by atoms with Crippen molar-refractivity contribution in [3.05, 3.63) is 77.6 Å². The maximum atomic E-state index is 12.6. The van der Waals surface area contributed by atoms with E-state index < -0.39 is 18.1 Å². The number of fused-ring (bicyclic) bond motifs is 3. The molecule has 2 aromatic carbocycles. The second-order valence-corrected chi connectivity index (χ2v) is 7.60. The Labute approximate surface area is 180 Å². The van der Waals surface area contributed by atoms with E-state index in [1.54, 1.807) is 16.9 Å². The standard InChI is InChI=1S/C24H25N3O4/c1-2-13-27-22(11-12-25-27)21(14-23(28)29)26-24(30)31-15-20-18-9-5-3-7-16(18)17-8-4-6-10-19(17)20/h3-12,20-21H,2,13-15H2,1H3,(H,26,30)(H,28,29)/t21-/m1/s1. The van der Waals surface area contributed by atoms with Gasteiger partial charge in [-0.15, -0.1) is 0 Å². The van der Waals surface area contributed by atoms with Crippen LogP contribution in [0.5, 0.6) is 0 Å². The van der Waals surface area contributed by atoms with Gasteiger partial charge in [0.1, 0.15) is 6.61 Å². The second-order valence-electron chi connectivity index (χ2n) is 7.60. The lowest BCUT2D eigenvalue weighted by molar-refractivity contribution is -0.137. The van der Waals surface area contributed by atoms with Crippen molar-refractivity contribution in [3.8, 4) is 11.1 Å². The molecule has 7 nitrogen and oxygen atoms in total. The number of benzene rings is 2. The highest BCUT2D eigenvalue weighted by Crippen LogP contribution is 2.44. The van der Waals surface area contributed by atoms with Gasteiger partial charge < -0.3 is 15.2 Å². The van der Waals surface area contributed by atoms with Crippen LogP contribution in [0.3, 0.4) is 0 Å². The Morgan fingerprint density at radius 3 is 2.35 bits per heavy atom. The highest BCUT2D eigenvalue weighted by Gasteiger charge is 2.29. The van der Waals surface area contributed by atoms with Crippen LogP contribution in [0.15, 0.2) is 60.8 Å². The number of carboxylic acid groups (broad SMARTS) is 1. The van der Waals surface area contributed by atoms with Gasteiger partial charge in [0.15, 0.2) is 0 Å². The van der Waals surface area contributed by atoms with Crippen molar-refractivity contribution >= 4 is 12.1 Å². The molecule has 1 heterocycles. The largest absolute Gasteiger partial charge is 0.481 e. The molecular formula is C24H25N3O4. The van der Waals surface area contributed by atoms with Crippen molar-refractivity contribution in [1.82, 2.24) is 15.1 Å². The predicted molar refractivity (Wildman–Crippen MR) is 116 cm³/mol. The molecule has 1 aromatic heterocycles. The highest BCUT2D eigenvalue weighted by atomic mass is 16.5. The van der Waals surface area contributed by atoms with Crippen LogP contribution < -0.4 is 5.32 Å². The maximum absolute atomic E-state index is 12.6. The molecule has 0 radical (unpaired) electrons. The van der Waals surface area contributed by atoms with Gasteiger partial charge in [-0.1, -0.05) is 55.5 Å². The number of aromatic nitrogens is 2. The van der Waals surface area contributed by atoms with E-state index in [1.807, 2.05) is 31.2 Å². The Morgan fingerprint density at radius 1 is 1.10 bits per heavy atom. The summed E-state index contributed by atoms with van der Waals surface area (Å²) in [5.74, 6) is -1.06. The van der Waals surface area contributed by atoms with E-state index in [-0.39, 0.29) is 18.9 Å². The van der Waals surface area contributed by atoms with Crippen molar-refractivity contribution in [2.45, 2.75) is 38.3 Å². The molecule has 0 saturated heterocycles. The topological polar surface area (TPSA) is 93.5 Å². The third kappa shape index (κ3) is 4.30. The smallest absolute Gasteiger partial charge is 0.407 e. The highest BCUT2D eigenvalue weighted by molar-refractivity contribution is 5.79. The fourth-order valence-electron chi connectivity index (χ4n) is 4.22. The van der Waals surface area contributed by atoms with Gasteiger partial charge in [-0.2, -0.15) is 5.10 Å². The minimum atomic E-state index is -1.01. The third-order valence-corrected chi connectivity index (χ3v) is 5.56. The molecule has 3 aromatic rings. The lowest BCUT2D eigenvalue weighted by Gasteiger charge is -2.20. The van der Waals surface area contributed by atoms with Crippen LogP contribution in [0.4, 0.5) is 4.79 Å². The van der Waals surface area contributed by atoms with E-state index in [4.69, 9.17) is 4.74 Å². The van der Waals surface area contributed by atoms with Gasteiger partial charge in [0, 0.05) is 18.7 Å². The molecule has 0 fully saturated rings. The molecule has 7 heteroatoms. The van der Waals surface area contributed by atoms with Gasteiger partial charge >= 0.3 is 12.1 Å². The molecule has 0 aliphatic heterocycles. The van der Waals surface area contributed by atoms with Gasteiger partial charge in [0.25, 0.3) is 0 Å². The van der Waals surface area contributed by atoms with Gasteiger partial charge in [0.05, 0.1) is 18.2 Å². The first-order valence-electron chi connectivity index (χ1n) is 10.4. The van der Waals surface area contributed by atoms with E-state index in [0.29, 0.717) is 12.2 Å². The van der Waals surface area contributed by atoms with Crippen molar-refractivity contribution in [3.63, 3.8) is 0 Å². The number of aliphatic carboxylic acids is 1. The lowest BCUT2D eigenvalue weighted by atomic mass is 9.98. The van der Waals surface area contributed by atoms with Gasteiger partial charge in [0.2, 0.25) is 0 Å². The summed E-state index contributed by atoms with van der Waals surface area (Å²) in [6.45, 7) is 2.83. The quantitative estimate of drug-likeness (QED) is 0.566. The molecule has 1 atom stereocenters. The number of aryl methyl sites for hydroxylation is 1. The van der Waals surface area contributed by atoms with Gasteiger partial charge in [-0.3, -0.25) is 9.48 Å². The molecule has 0 bridgehead atoms. The summed E-state index contributed by atoms with van der Waals surface area (Å²) >= 11 is 0. The number of alkyl carbamates (subject to hydrolysis) is 1. The summed E-state index contributed by atoms with van der Waals surface area (Å²) in [5.41, 5.74) is 5.20. The fraction of sp³-hybridized carbons (Fsp3) is 0.292. The van der Waals surface area contributed by atoms with E-state index in [2.05, 4.69) is 34.7 Å². The number of ether oxygens (including phenoxy) is 1. The zero-order valence-electron chi connectivity index (χ0n) is 17.3. The SMILES string of the molecule is CCCn1nccc1[C@@H](CC(=O)O)NC(=O)OCC1c2ccccc2-c2ccccc21. The fourth-order valence-corrected chi connectivity index (χ4v) is 4.22. The summed E-state index contributed by atoms with van der Waals surface area (Å²) in [4.78, 5) is 24.0. The van der Waals surface area contributed by atoms with E-state index in [9.17, 15) is 14.7 Å². The summed E-state index contributed by atoms with van der Waals surface area (Å²) < 4.78 is 7.30. The van der Waals surface area contributed by atoms with Crippen LogP contribution in [-0.2, 0) is 16.1 Å². The minimum absolute atomic E-state index is 0.0540. The summed E-state index contributed by atoms with van der Waals surface area (Å²) in [7, 11) is 0. The zero-order valence-corrected chi connectivity index (χ0v) is 17.3. The number of nitrogens with zero attached hydrogens (tertiary/aromatic N) is 2. The van der Waals surface area contributed by atoms with Crippen LogP contribution in [0.2, 0.25) is 0 Å². The normalized spacial score (nSPS) is 13.3. The van der Waals surface area contributed by atoms with Crippen molar-refractivity contribution < 1.29 is 19.4 Å². The predicted octanol–water partition coefficient (Wildman–Crippen LogP) is 4.35. The first kappa shape index (κ1) is 20.7. The Hall–Kier alpha value is -3.61. The Kier molecular flexibility index (Phi) is 6.02. The molecule has 4 rings (SSSR count). The summed E-state index contributed by atoms with van der Waals surface area (Å²) in [6.07, 6.45) is 1.57. The molecule has 2 N–H and O–H groups in total. The van der Waals surface area contributed by atoms with Crippen LogP contribution in [0, 0.1) is 0 Å². The van der Waals surface area contributed by atoms with Crippen molar-refractivity contribution in [2.75, 3.05) is 6.61 Å². The number of carbonyl (C=O) groups excluding carboxylic acids is 1. The number of nitrogens with one attached hydrogen (secondary N) is 1.